The molecule has 176 valence electrons. The molecule has 0 aliphatic rings. The lowest BCUT2D eigenvalue weighted by Gasteiger charge is -2.12. The van der Waals surface area contributed by atoms with Crippen LogP contribution < -0.4 is 25.0 Å². The predicted octanol–water partition coefficient (Wildman–Crippen LogP) is 3.44. The van der Waals surface area contributed by atoms with E-state index < -0.39 is 11.8 Å². The summed E-state index contributed by atoms with van der Waals surface area (Å²) in [5.74, 6) is 0.228. The zero-order valence-electron chi connectivity index (χ0n) is 19.1. The molecule has 0 heterocycles. The monoisotopic (exact) mass is 461 g/mol. The third-order valence-electron chi connectivity index (χ3n) is 4.70. The average molecular weight is 462 g/mol. The molecule has 0 unspecified atom stereocenters. The number of hydrogen-bond acceptors (Lipinski definition) is 6. The Hall–Kier alpha value is -4.33. The average Bonchev–Trinajstić information content (AvgIpc) is 2.87. The topological polar surface area (TPSA) is 98.2 Å². The Morgan fingerprint density at radius 2 is 1.65 bits per heavy atom. The largest absolute Gasteiger partial charge is 0.497 e. The van der Waals surface area contributed by atoms with Gasteiger partial charge in [-0.3, -0.25) is 9.59 Å². The van der Waals surface area contributed by atoms with Gasteiger partial charge in [-0.25, -0.2) is 5.43 Å². The van der Waals surface area contributed by atoms with E-state index in [-0.39, 0.29) is 6.54 Å². The summed E-state index contributed by atoms with van der Waals surface area (Å²) >= 11 is 0. The smallest absolute Gasteiger partial charge is 0.329 e. The lowest BCUT2D eigenvalue weighted by Crippen LogP contribution is -2.37. The SMILES string of the molecule is CCOc1cc(/C=N\NC(=O)C(=O)NCc2ccc(OC)cc2)ccc1OCc1ccccc1. The first kappa shape index (κ1) is 24.3. The van der Waals surface area contributed by atoms with Gasteiger partial charge in [0.2, 0.25) is 0 Å². The maximum Gasteiger partial charge on any atom is 0.329 e. The maximum absolute atomic E-state index is 12.0. The van der Waals surface area contributed by atoms with E-state index in [0.29, 0.717) is 36.0 Å². The van der Waals surface area contributed by atoms with Crippen LogP contribution >= 0.6 is 0 Å². The first-order valence-electron chi connectivity index (χ1n) is 10.8. The molecule has 0 aromatic heterocycles. The van der Waals surface area contributed by atoms with Gasteiger partial charge in [-0.15, -0.1) is 0 Å². The van der Waals surface area contributed by atoms with Gasteiger partial charge in [0.25, 0.3) is 0 Å². The molecular weight excluding hydrogens is 434 g/mol. The van der Waals surface area contributed by atoms with E-state index in [1.165, 1.54) is 6.21 Å². The van der Waals surface area contributed by atoms with Gasteiger partial charge in [-0.05, 0) is 53.9 Å². The highest BCUT2D eigenvalue weighted by Crippen LogP contribution is 2.28. The molecule has 3 aromatic rings. The molecule has 3 rings (SSSR count). The molecule has 0 spiro atoms. The van der Waals surface area contributed by atoms with E-state index >= 15 is 0 Å². The Labute approximate surface area is 198 Å². The van der Waals surface area contributed by atoms with E-state index in [1.807, 2.05) is 37.3 Å². The highest BCUT2D eigenvalue weighted by molar-refractivity contribution is 6.35. The van der Waals surface area contributed by atoms with Crippen molar-refractivity contribution in [2.75, 3.05) is 13.7 Å². The highest BCUT2D eigenvalue weighted by atomic mass is 16.5. The molecule has 0 saturated heterocycles. The van der Waals surface area contributed by atoms with Gasteiger partial charge in [-0.2, -0.15) is 5.10 Å². The van der Waals surface area contributed by atoms with E-state index in [4.69, 9.17) is 14.2 Å². The molecule has 0 saturated carbocycles. The number of nitrogens with one attached hydrogen (secondary N) is 2. The number of carbonyl (C=O) groups excluding carboxylic acids is 2. The lowest BCUT2D eigenvalue weighted by molar-refractivity contribution is -0.139. The van der Waals surface area contributed by atoms with Crippen LogP contribution in [0.1, 0.15) is 23.6 Å². The lowest BCUT2D eigenvalue weighted by atomic mass is 10.2. The fourth-order valence-electron chi connectivity index (χ4n) is 2.95. The summed E-state index contributed by atoms with van der Waals surface area (Å²) < 4.78 is 16.6. The Kier molecular flexibility index (Phi) is 9.04. The van der Waals surface area contributed by atoms with Crippen LogP contribution in [0, 0.1) is 0 Å². The number of benzene rings is 3. The van der Waals surface area contributed by atoms with Crippen molar-refractivity contribution >= 4 is 18.0 Å². The Morgan fingerprint density at radius 3 is 2.35 bits per heavy atom. The minimum Gasteiger partial charge on any atom is -0.497 e. The second-order valence-corrected chi connectivity index (χ2v) is 7.14. The molecule has 2 amide bonds. The molecule has 8 heteroatoms. The summed E-state index contributed by atoms with van der Waals surface area (Å²) in [7, 11) is 1.58. The summed E-state index contributed by atoms with van der Waals surface area (Å²) in [6, 6.07) is 22.3. The van der Waals surface area contributed by atoms with Crippen LogP contribution in [0.2, 0.25) is 0 Å². The van der Waals surface area contributed by atoms with Gasteiger partial charge < -0.3 is 19.5 Å². The van der Waals surface area contributed by atoms with E-state index in [0.717, 1.165) is 11.1 Å². The van der Waals surface area contributed by atoms with Gasteiger partial charge in [0.05, 0.1) is 19.9 Å². The summed E-state index contributed by atoms with van der Waals surface area (Å²) in [5, 5.41) is 6.41. The zero-order valence-corrected chi connectivity index (χ0v) is 19.1. The van der Waals surface area contributed by atoms with Gasteiger partial charge in [-0.1, -0.05) is 42.5 Å². The fraction of sp³-hybridized carbons (Fsp3) is 0.192. The van der Waals surface area contributed by atoms with Crippen LogP contribution in [0.3, 0.4) is 0 Å². The van der Waals surface area contributed by atoms with Crippen molar-refractivity contribution in [3.63, 3.8) is 0 Å². The van der Waals surface area contributed by atoms with Gasteiger partial charge >= 0.3 is 11.8 Å². The van der Waals surface area contributed by atoms with Crippen LogP contribution in [-0.4, -0.2) is 31.7 Å². The number of nitrogens with zero attached hydrogens (tertiary/aromatic N) is 1. The molecule has 0 aliphatic carbocycles. The van der Waals surface area contributed by atoms with Crippen molar-refractivity contribution in [1.82, 2.24) is 10.7 Å². The van der Waals surface area contributed by atoms with Gasteiger partial charge in [0, 0.05) is 6.54 Å². The van der Waals surface area contributed by atoms with Gasteiger partial charge in [0.1, 0.15) is 12.4 Å². The van der Waals surface area contributed by atoms with E-state index in [9.17, 15) is 9.59 Å². The molecule has 0 radical (unpaired) electrons. The number of methoxy groups -OCH3 is 1. The molecule has 8 nitrogen and oxygen atoms in total. The molecular formula is C26H27N3O5. The Morgan fingerprint density at radius 1 is 0.882 bits per heavy atom. The first-order chi connectivity index (χ1) is 16.6. The standard InChI is InChI=1S/C26H27N3O5/c1-3-33-24-15-21(11-14-23(24)34-18-20-7-5-4-6-8-20)17-28-29-26(31)25(30)27-16-19-9-12-22(32-2)13-10-19/h4-15,17H,3,16,18H2,1-2H3,(H,27,30)(H,29,31)/b28-17-. The number of ether oxygens (including phenoxy) is 3. The van der Waals surface area contributed by atoms with Crippen molar-refractivity contribution in [2.24, 2.45) is 5.10 Å². The van der Waals surface area contributed by atoms with Crippen LogP contribution in [0.15, 0.2) is 77.9 Å². The number of amides is 2. The third kappa shape index (κ3) is 7.37. The summed E-state index contributed by atoms with van der Waals surface area (Å²) in [6.07, 6.45) is 1.43. The van der Waals surface area contributed by atoms with E-state index in [2.05, 4.69) is 15.8 Å². The highest BCUT2D eigenvalue weighted by Gasteiger charge is 2.12. The van der Waals surface area contributed by atoms with Gasteiger partial charge in [0.15, 0.2) is 11.5 Å². The first-order valence-corrected chi connectivity index (χ1v) is 10.8. The summed E-state index contributed by atoms with van der Waals surface area (Å²) in [5.41, 5.74) is 4.78. The molecule has 0 aliphatic heterocycles. The summed E-state index contributed by atoms with van der Waals surface area (Å²) in [4.78, 5) is 24.0. The van der Waals surface area contributed by atoms with Crippen LogP contribution in [-0.2, 0) is 22.7 Å². The quantitative estimate of drug-likeness (QED) is 0.274. The van der Waals surface area contributed by atoms with Crippen LogP contribution in [0.5, 0.6) is 17.2 Å². The second-order valence-electron chi connectivity index (χ2n) is 7.14. The Balaban J connectivity index is 1.52. The molecule has 0 bridgehead atoms. The van der Waals surface area contributed by atoms with Crippen molar-refractivity contribution in [3.05, 3.63) is 89.5 Å². The van der Waals surface area contributed by atoms with Crippen LogP contribution in [0.4, 0.5) is 0 Å². The molecule has 34 heavy (non-hydrogen) atoms. The maximum atomic E-state index is 12.0. The number of hydrogen-bond donors (Lipinski definition) is 2. The Bertz CT molecular complexity index is 1120. The normalized spacial score (nSPS) is 10.5. The van der Waals surface area contributed by atoms with Crippen molar-refractivity contribution in [1.29, 1.82) is 0 Å². The van der Waals surface area contributed by atoms with Crippen molar-refractivity contribution in [3.8, 4) is 17.2 Å². The molecule has 3 aromatic carbocycles. The number of carbonyl (C=O) groups is 2. The number of hydrazone groups is 1. The van der Waals surface area contributed by atoms with Crippen molar-refractivity contribution < 1.29 is 23.8 Å². The molecule has 2 N–H and O–H groups in total. The van der Waals surface area contributed by atoms with E-state index in [1.54, 1.807) is 49.6 Å². The predicted molar refractivity (Wildman–Crippen MR) is 129 cm³/mol. The third-order valence-corrected chi connectivity index (χ3v) is 4.70. The number of rotatable bonds is 10. The zero-order chi connectivity index (χ0) is 24.2. The minimum absolute atomic E-state index is 0.210. The minimum atomic E-state index is -0.863. The molecule has 0 fully saturated rings. The summed E-state index contributed by atoms with van der Waals surface area (Å²) in [6.45, 7) is 2.97. The second kappa shape index (κ2) is 12.6. The van der Waals surface area contributed by atoms with Crippen LogP contribution in [0.25, 0.3) is 0 Å². The molecule has 0 atom stereocenters. The fourth-order valence-corrected chi connectivity index (χ4v) is 2.95. The van der Waals surface area contributed by atoms with Crippen molar-refractivity contribution in [2.45, 2.75) is 20.1 Å².